The molecular formula is C20H29ClFN3O2. The zero-order valence-electron chi connectivity index (χ0n) is 15.9. The molecule has 0 spiro atoms. The molecule has 2 N–H and O–H groups in total. The van der Waals surface area contributed by atoms with Crippen molar-refractivity contribution in [1.82, 2.24) is 10.2 Å². The third-order valence-electron chi connectivity index (χ3n) is 4.78. The maximum absolute atomic E-state index is 13.7. The third kappa shape index (κ3) is 7.46. The Bertz CT molecular complexity index is 642. The predicted molar refractivity (Wildman–Crippen MR) is 106 cm³/mol. The summed E-state index contributed by atoms with van der Waals surface area (Å²) in [5.74, 6) is -0.860. The van der Waals surface area contributed by atoms with E-state index in [9.17, 15) is 14.0 Å². The average Bonchev–Trinajstić information content (AvgIpc) is 2.64. The zero-order valence-corrected chi connectivity index (χ0v) is 16.7. The lowest BCUT2D eigenvalue weighted by Crippen LogP contribution is -2.45. The standard InChI is InChI=1S/C20H29ClFN3O2/c1-2-3-4-5-10-23-20(27)15-7-6-11-25(13-15)14-19(26)24-18-12-16(21)8-9-17(18)22/h8-9,12,15H,2-7,10-11,13-14H2,1H3,(H,23,27)(H,24,26). The molecule has 1 aliphatic rings. The SMILES string of the molecule is CCCCCCNC(=O)C1CCCN(CC(=O)Nc2cc(Cl)ccc2F)C1. The molecule has 1 fully saturated rings. The van der Waals surface area contributed by atoms with Crippen LogP contribution in [0.2, 0.25) is 5.02 Å². The van der Waals surface area contributed by atoms with Crippen LogP contribution in [0, 0.1) is 11.7 Å². The minimum absolute atomic E-state index is 0.0671. The molecule has 0 aliphatic carbocycles. The van der Waals surface area contributed by atoms with Crippen LogP contribution in [-0.2, 0) is 9.59 Å². The molecule has 2 rings (SSSR count). The molecule has 0 radical (unpaired) electrons. The lowest BCUT2D eigenvalue weighted by Gasteiger charge is -2.31. The number of benzene rings is 1. The number of nitrogens with one attached hydrogen (secondary N) is 2. The van der Waals surface area contributed by atoms with Crippen LogP contribution in [0.3, 0.4) is 0 Å². The van der Waals surface area contributed by atoms with E-state index in [-0.39, 0.29) is 30.0 Å². The Morgan fingerprint density at radius 2 is 2.11 bits per heavy atom. The summed E-state index contributed by atoms with van der Waals surface area (Å²) in [6.45, 7) is 4.31. The number of hydrogen-bond donors (Lipinski definition) is 2. The quantitative estimate of drug-likeness (QED) is 0.622. The van der Waals surface area contributed by atoms with Gasteiger partial charge in [-0.1, -0.05) is 37.8 Å². The summed E-state index contributed by atoms with van der Waals surface area (Å²) in [6.07, 6.45) is 6.20. The topological polar surface area (TPSA) is 61.4 Å². The smallest absolute Gasteiger partial charge is 0.238 e. The Kier molecular flexibility index (Phi) is 9.01. The van der Waals surface area contributed by atoms with E-state index < -0.39 is 5.82 Å². The van der Waals surface area contributed by atoms with Crippen molar-refractivity contribution >= 4 is 29.1 Å². The average molecular weight is 398 g/mol. The summed E-state index contributed by atoms with van der Waals surface area (Å²) >= 11 is 5.84. The molecule has 27 heavy (non-hydrogen) atoms. The number of carbonyl (C=O) groups is 2. The van der Waals surface area contributed by atoms with E-state index >= 15 is 0 Å². The van der Waals surface area contributed by atoms with Gasteiger partial charge in [0, 0.05) is 18.1 Å². The molecule has 1 aromatic rings. The summed E-state index contributed by atoms with van der Waals surface area (Å²) in [4.78, 5) is 26.5. The fourth-order valence-electron chi connectivity index (χ4n) is 3.31. The van der Waals surface area contributed by atoms with Gasteiger partial charge in [0.1, 0.15) is 5.82 Å². The largest absolute Gasteiger partial charge is 0.356 e. The molecule has 0 bridgehead atoms. The fourth-order valence-corrected chi connectivity index (χ4v) is 3.48. The van der Waals surface area contributed by atoms with Crippen molar-refractivity contribution in [3.05, 3.63) is 29.0 Å². The number of carbonyl (C=O) groups excluding carboxylic acids is 2. The number of hydrogen-bond acceptors (Lipinski definition) is 3. The number of nitrogens with zero attached hydrogens (tertiary/aromatic N) is 1. The Morgan fingerprint density at radius 3 is 2.89 bits per heavy atom. The van der Waals surface area contributed by atoms with Gasteiger partial charge in [-0.3, -0.25) is 14.5 Å². The number of halogens is 2. The van der Waals surface area contributed by atoms with Crippen LogP contribution >= 0.6 is 11.6 Å². The number of piperidine rings is 1. The molecular weight excluding hydrogens is 369 g/mol. The predicted octanol–water partition coefficient (Wildman–Crippen LogP) is 3.83. The first kappa shape index (κ1) is 21.6. The maximum Gasteiger partial charge on any atom is 0.238 e. The van der Waals surface area contributed by atoms with Crippen LogP contribution in [0.5, 0.6) is 0 Å². The minimum Gasteiger partial charge on any atom is -0.356 e. The molecule has 150 valence electrons. The van der Waals surface area contributed by atoms with Gasteiger partial charge >= 0.3 is 0 Å². The van der Waals surface area contributed by atoms with Crippen LogP contribution < -0.4 is 10.6 Å². The van der Waals surface area contributed by atoms with Crippen LogP contribution in [0.1, 0.15) is 45.4 Å². The highest BCUT2D eigenvalue weighted by Gasteiger charge is 2.26. The molecule has 1 saturated heterocycles. The van der Waals surface area contributed by atoms with E-state index in [1.807, 2.05) is 4.90 Å². The highest BCUT2D eigenvalue weighted by Crippen LogP contribution is 2.20. The molecule has 1 aliphatic heterocycles. The van der Waals surface area contributed by atoms with Crippen molar-refractivity contribution in [3.8, 4) is 0 Å². The van der Waals surface area contributed by atoms with Crippen LogP contribution in [0.15, 0.2) is 18.2 Å². The van der Waals surface area contributed by atoms with Crippen molar-refractivity contribution in [2.24, 2.45) is 5.92 Å². The second-order valence-corrected chi connectivity index (χ2v) is 7.53. The number of unbranched alkanes of at least 4 members (excludes halogenated alkanes) is 3. The molecule has 0 aromatic heterocycles. The highest BCUT2D eigenvalue weighted by molar-refractivity contribution is 6.30. The molecule has 2 amide bonds. The van der Waals surface area contributed by atoms with Crippen molar-refractivity contribution in [3.63, 3.8) is 0 Å². The summed E-state index contributed by atoms with van der Waals surface area (Å²) in [7, 11) is 0. The van der Waals surface area contributed by atoms with Crippen LogP contribution in [-0.4, -0.2) is 42.9 Å². The van der Waals surface area contributed by atoms with Crippen LogP contribution in [0.25, 0.3) is 0 Å². The van der Waals surface area contributed by atoms with Gasteiger partial charge in [0.15, 0.2) is 0 Å². The summed E-state index contributed by atoms with van der Waals surface area (Å²) in [6, 6.07) is 4.04. The normalized spacial score (nSPS) is 17.5. The van der Waals surface area contributed by atoms with Gasteiger partial charge in [0.25, 0.3) is 0 Å². The van der Waals surface area contributed by atoms with Gasteiger partial charge < -0.3 is 10.6 Å². The molecule has 1 aromatic carbocycles. The van der Waals surface area contributed by atoms with E-state index in [1.165, 1.54) is 31.0 Å². The summed E-state index contributed by atoms with van der Waals surface area (Å²) in [5.41, 5.74) is 0.0749. The monoisotopic (exact) mass is 397 g/mol. The first-order chi connectivity index (χ1) is 13.0. The molecule has 1 atom stereocenters. The Labute approximate surface area is 165 Å². The second kappa shape index (κ2) is 11.2. The summed E-state index contributed by atoms with van der Waals surface area (Å²) in [5, 5.41) is 5.93. The van der Waals surface area contributed by atoms with Gasteiger partial charge in [-0.25, -0.2) is 4.39 Å². The van der Waals surface area contributed by atoms with Gasteiger partial charge in [-0.05, 0) is 44.0 Å². The molecule has 7 heteroatoms. The first-order valence-corrected chi connectivity index (χ1v) is 10.1. The van der Waals surface area contributed by atoms with E-state index in [4.69, 9.17) is 11.6 Å². The highest BCUT2D eigenvalue weighted by atomic mass is 35.5. The minimum atomic E-state index is -0.522. The number of amides is 2. The van der Waals surface area contributed by atoms with Gasteiger partial charge in [-0.15, -0.1) is 0 Å². The molecule has 0 saturated carbocycles. The first-order valence-electron chi connectivity index (χ1n) is 9.74. The van der Waals surface area contributed by atoms with Gasteiger partial charge in [0.05, 0.1) is 18.2 Å². The number of anilines is 1. The van der Waals surface area contributed by atoms with Crippen molar-refractivity contribution < 1.29 is 14.0 Å². The number of rotatable bonds is 9. The molecule has 5 nitrogen and oxygen atoms in total. The van der Waals surface area contributed by atoms with E-state index in [2.05, 4.69) is 17.6 Å². The molecule has 1 unspecified atom stereocenters. The Hall–Kier alpha value is -1.66. The van der Waals surface area contributed by atoms with Crippen molar-refractivity contribution in [2.45, 2.75) is 45.4 Å². The van der Waals surface area contributed by atoms with Gasteiger partial charge in [0.2, 0.25) is 11.8 Å². The number of likely N-dealkylation sites (tertiary alicyclic amines) is 1. The van der Waals surface area contributed by atoms with Crippen molar-refractivity contribution in [1.29, 1.82) is 0 Å². The Balaban J connectivity index is 1.77. The molecule has 1 heterocycles. The zero-order chi connectivity index (χ0) is 19.6. The van der Waals surface area contributed by atoms with E-state index in [1.54, 1.807) is 0 Å². The fraction of sp³-hybridized carbons (Fsp3) is 0.600. The summed E-state index contributed by atoms with van der Waals surface area (Å²) < 4.78 is 13.7. The van der Waals surface area contributed by atoms with Crippen LogP contribution in [0.4, 0.5) is 10.1 Å². The second-order valence-electron chi connectivity index (χ2n) is 7.10. The lowest BCUT2D eigenvalue weighted by molar-refractivity contribution is -0.128. The lowest BCUT2D eigenvalue weighted by atomic mass is 9.97. The Morgan fingerprint density at radius 1 is 1.30 bits per heavy atom. The van der Waals surface area contributed by atoms with E-state index in [0.717, 1.165) is 32.2 Å². The van der Waals surface area contributed by atoms with Gasteiger partial charge in [-0.2, -0.15) is 0 Å². The third-order valence-corrected chi connectivity index (χ3v) is 5.01. The maximum atomic E-state index is 13.7. The van der Waals surface area contributed by atoms with Crippen molar-refractivity contribution in [2.75, 3.05) is 31.5 Å². The van der Waals surface area contributed by atoms with E-state index in [0.29, 0.717) is 18.1 Å².